The molecule has 0 radical (unpaired) electrons. The van der Waals surface area contributed by atoms with E-state index in [0.29, 0.717) is 12.3 Å². The molecule has 2 rings (SSSR count). The van der Waals surface area contributed by atoms with Crippen LogP contribution < -0.4 is 5.32 Å². The molecule has 2 aromatic rings. The van der Waals surface area contributed by atoms with Crippen molar-refractivity contribution in [3.63, 3.8) is 0 Å². The lowest BCUT2D eigenvalue weighted by molar-refractivity contribution is 0.467. The van der Waals surface area contributed by atoms with Crippen LogP contribution in [0.4, 0.5) is 0 Å². The van der Waals surface area contributed by atoms with E-state index in [1.54, 1.807) is 0 Å². The Hall–Kier alpha value is -1.39. The van der Waals surface area contributed by atoms with Gasteiger partial charge in [0.2, 0.25) is 0 Å². The second kappa shape index (κ2) is 5.98. The maximum Gasteiger partial charge on any atom is 0.117 e. The van der Waals surface area contributed by atoms with E-state index >= 15 is 0 Å². The number of hydrogen-bond donors (Lipinski definition) is 1. The predicted octanol–water partition coefficient (Wildman–Crippen LogP) is 2.62. The lowest BCUT2D eigenvalue weighted by atomic mass is 10.2. The van der Waals surface area contributed by atoms with Crippen LogP contribution in [0.3, 0.4) is 0 Å². The molecule has 0 spiro atoms. The molecule has 1 aromatic heterocycles. The molecule has 0 fully saturated rings. The molecule has 1 atom stereocenters. The van der Waals surface area contributed by atoms with E-state index in [1.807, 2.05) is 50.4 Å². The highest BCUT2D eigenvalue weighted by molar-refractivity contribution is 7.84. The molecule has 18 heavy (non-hydrogen) atoms. The SMILES string of the molecule is CNCc1ccc(CS(=O)c2cccc(C)c2)o1. The quantitative estimate of drug-likeness (QED) is 0.901. The first-order valence-electron chi connectivity index (χ1n) is 5.86. The molecule has 0 aliphatic heterocycles. The summed E-state index contributed by atoms with van der Waals surface area (Å²) < 4.78 is 17.8. The zero-order valence-corrected chi connectivity index (χ0v) is 11.4. The van der Waals surface area contributed by atoms with Crippen LogP contribution in [0.2, 0.25) is 0 Å². The fourth-order valence-electron chi connectivity index (χ4n) is 1.74. The van der Waals surface area contributed by atoms with Crippen LogP contribution >= 0.6 is 0 Å². The summed E-state index contributed by atoms with van der Waals surface area (Å²) in [7, 11) is 0.819. The Balaban J connectivity index is 2.06. The summed E-state index contributed by atoms with van der Waals surface area (Å²) in [6.07, 6.45) is 0. The standard InChI is InChI=1S/C14H17NO2S/c1-11-4-3-5-14(8-11)18(16)10-13-7-6-12(17-13)9-15-2/h3-8,15H,9-10H2,1-2H3. The molecular weight excluding hydrogens is 246 g/mol. The molecule has 4 heteroatoms. The summed E-state index contributed by atoms with van der Waals surface area (Å²) in [4.78, 5) is 0.849. The van der Waals surface area contributed by atoms with Gasteiger partial charge in [-0.3, -0.25) is 4.21 Å². The molecule has 0 saturated carbocycles. The average molecular weight is 263 g/mol. The van der Waals surface area contributed by atoms with Crippen molar-refractivity contribution in [3.8, 4) is 0 Å². The van der Waals surface area contributed by atoms with Crippen molar-refractivity contribution in [2.24, 2.45) is 0 Å². The van der Waals surface area contributed by atoms with Crippen molar-refractivity contribution in [1.82, 2.24) is 5.32 Å². The first-order valence-corrected chi connectivity index (χ1v) is 7.18. The fourth-order valence-corrected chi connectivity index (χ4v) is 2.87. The van der Waals surface area contributed by atoms with E-state index in [1.165, 1.54) is 0 Å². The third kappa shape index (κ3) is 3.31. The fraction of sp³-hybridized carbons (Fsp3) is 0.286. The Morgan fingerprint density at radius 2 is 2.00 bits per heavy atom. The van der Waals surface area contributed by atoms with Crippen LogP contribution in [0.1, 0.15) is 17.1 Å². The van der Waals surface area contributed by atoms with Gasteiger partial charge in [0.15, 0.2) is 0 Å². The van der Waals surface area contributed by atoms with Gasteiger partial charge in [0.1, 0.15) is 11.5 Å². The number of furan rings is 1. The highest BCUT2D eigenvalue weighted by Crippen LogP contribution is 2.16. The summed E-state index contributed by atoms with van der Waals surface area (Å²) in [5.74, 6) is 2.06. The van der Waals surface area contributed by atoms with Gasteiger partial charge in [-0.1, -0.05) is 12.1 Å². The second-order valence-electron chi connectivity index (χ2n) is 4.20. The molecule has 0 aliphatic rings. The Kier molecular flexibility index (Phi) is 4.33. The minimum atomic E-state index is -1.05. The topological polar surface area (TPSA) is 42.2 Å². The maximum atomic E-state index is 12.2. The average Bonchev–Trinajstić information content (AvgIpc) is 2.77. The minimum Gasteiger partial charge on any atom is -0.464 e. The molecule has 1 aromatic carbocycles. The van der Waals surface area contributed by atoms with Gasteiger partial charge in [-0.2, -0.15) is 0 Å². The lowest BCUT2D eigenvalue weighted by Crippen LogP contribution is -2.03. The number of nitrogens with one attached hydrogen (secondary N) is 1. The van der Waals surface area contributed by atoms with Crippen molar-refractivity contribution in [2.45, 2.75) is 24.1 Å². The van der Waals surface area contributed by atoms with Crippen molar-refractivity contribution in [1.29, 1.82) is 0 Å². The molecule has 0 saturated heterocycles. The van der Waals surface area contributed by atoms with E-state index in [9.17, 15) is 4.21 Å². The third-order valence-electron chi connectivity index (χ3n) is 2.59. The van der Waals surface area contributed by atoms with Gasteiger partial charge in [-0.25, -0.2) is 0 Å². The van der Waals surface area contributed by atoms with Crippen molar-refractivity contribution >= 4 is 10.8 Å². The maximum absolute atomic E-state index is 12.2. The summed E-state index contributed by atoms with van der Waals surface area (Å²) in [6.45, 7) is 2.69. The molecule has 1 N–H and O–H groups in total. The monoisotopic (exact) mass is 263 g/mol. The van der Waals surface area contributed by atoms with Crippen LogP contribution in [-0.2, 0) is 23.1 Å². The summed E-state index contributed by atoms with van der Waals surface area (Å²) >= 11 is 0. The van der Waals surface area contributed by atoms with Crippen LogP contribution in [0.25, 0.3) is 0 Å². The molecule has 0 amide bonds. The normalized spacial score (nSPS) is 12.6. The van der Waals surface area contributed by atoms with Crippen LogP contribution in [-0.4, -0.2) is 11.3 Å². The summed E-state index contributed by atoms with van der Waals surface area (Å²) in [6, 6.07) is 11.6. The second-order valence-corrected chi connectivity index (χ2v) is 5.66. The zero-order chi connectivity index (χ0) is 13.0. The first kappa shape index (κ1) is 13.1. The van der Waals surface area contributed by atoms with Gasteiger partial charge < -0.3 is 9.73 Å². The van der Waals surface area contributed by atoms with Crippen molar-refractivity contribution in [3.05, 3.63) is 53.5 Å². The zero-order valence-electron chi connectivity index (χ0n) is 10.6. The lowest BCUT2D eigenvalue weighted by Gasteiger charge is -2.01. The van der Waals surface area contributed by atoms with E-state index in [4.69, 9.17) is 4.42 Å². The van der Waals surface area contributed by atoms with Gasteiger partial charge in [-0.15, -0.1) is 0 Å². The van der Waals surface area contributed by atoms with E-state index in [0.717, 1.165) is 22.0 Å². The van der Waals surface area contributed by atoms with Gasteiger partial charge in [0.05, 0.1) is 23.1 Å². The third-order valence-corrected chi connectivity index (χ3v) is 3.92. The van der Waals surface area contributed by atoms with E-state index in [-0.39, 0.29) is 0 Å². The molecule has 3 nitrogen and oxygen atoms in total. The van der Waals surface area contributed by atoms with Crippen LogP contribution in [0, 0.1) is 6.92 Å². The minimum absolute atomic E-state index is 0.424. The molecule has 0 aliphatic carbocycles. The summed E-state index contributed by atoms with van der Waals surface area (Å²) in [5.41, 5.74) is 1.12. The molecule has 1 heterocycles. The van der Waals surface area contributed by atoms with Gasteiger partial charge >= 0.3 is 0 Å². The Morgan fingerprint density at radius 3 is 2.72 bits per heavy atom. The van der Waals surface area contributed by atoms with E-state index < -0.39 is 10.8 Å². The first-order chi connectivity index (χ1) is 8.69. The number of rotatable bonds is 5. The van der Waals surface area contributed by atoms with Gasteiger partial charge in [0.25, 0.3) is 0 Å². The Labute approximate surface area is 110 Å². The highest BCUT2D eigenvalue weighted by atomic mass is 32.2. The smallest absolute Gasteiger partial charge is 0.117 e. The van der Waals surface area contributed by atoms with E-state index in [2.05, 4.69) is 5.32 Å². The predicted molar refractivity (Wildman–Crippen MR) is 72.8 cm³/mol. The molecular formula is C14H17NO2S. The Bertz CT molecular complexity index is 548. The van der Waals surface area contributed by atoms with Crippen LogP contribution in [0.15, 0.2) is 45.7 Å². The molecule has 1 unspecified atom stereocenters. The van der Waals surface area contributed by atoms with Crippen molar-refractivity contribution < 1.29 is 8.63 Å². The number of hydrogen-bond acceptors (Lipinski definition) is 3. The van der Waals surface area contributed by atoms with Crippen LogP contribution in [0.5, 0.6) is 0 Å². The number of aryl methyl sites for hydroxylation is 1. The number of benzene rings is 1. The van der Waals surface area contributed by atoms with Gasteiger partial charge in [0, 0.05) is 4.90 Å². The highest BCUT2D eigenvalue weighted by Gasteiger charge is 2.08. The Morgan fingerprint density at radius 1 is 1.22 bits per heavy atom. The largest absolute Gasteiger partial charge is 0.464 e. The van der Waals surface area contributed by atoms with Gasteiger partial charge in [-0.05, 0) is 43.8 Å². The molecule has 0 bridgehead atoms. The molecule has 96 valence electrons. The van der Waals surface area contributed by atoms with Crippen molar-refractivity contribution in [2.75, 3.05) is 7.05 Å². The summed E-state index contributed by atoms with van der Waals surface area (Å²) in [5, 5.41) is 3.02.